The van der Waals surface area contributed by atoms with E-state index in [0.717, 1.165) is 51.5 Å². The molecule has 0 bridgehead atoms. The molecule has 1 N–H and O–H groups in total. The Morgan fingerprint density at radius 3 is 2.14 bits per heavy atom. The summed E-state index contributed by atoms with van der Waals surface area (Å²) in [7, 11) is 0. The van der Waals surface area contributed by atoms with Gasteiger partial charge >= 0.3 is 0 Å². The molecule has 2 saturated heterocycles. The molecule has 6 nitrogen and oxygen atoms in total. The van der Waals surface area contributed by atoms with E-state index in [4.69, 9.17) is 0 Å². The zero-order chi connectivity index (χ0) is 19.6. The maximum atomic E-state index is 9.47. The van der Waals surface area contributed by atoms with Crippen LogP contribution in [0.3, 0.4) is 0 Å². The van der Waals surface area contributed by atoms with Crippen LogP contribution in [0.2, 0.25) is 0 Å². The third-order valence-corrected chi connectivity index (χ3v) is 6.46. The van der Waals surface area contributed by atoms with Crippen molar-refractivity contribution in [3.05, 3.63) is 11.4 Å². The quantitative estimate of drug-likeness (QED) is 0.512. The number of piperidine rings is 1. The lowest BCUT2D eigenvalue weighted by atomic mass is 9.95. The van der Waals surface area contributed by atoms with E-state index in [0.29, 0.717) is 6.04 Å². The van der Waals surface area contributed by atoms with E-state index in [9.17, 15) is 10.5 Å². The predicted octanol–water partition coefficient (Wildman–Crippen LogP) is 2.66. The van der Waals surface area contributed by atoms with E-state index in [-0.39, 0.29) is 5.57 Å². The lowest BCUT2D eigenvalue weighted by Crippen LogP contribution is -2.37. The van der Waals surface area contributed by atoms with Gasteiger partial charge in [0.05, 0.1) is 0 Å². The van der Waals surface area contributed by atoms with E-state index >= 15 is 0 Å². The first-order valence-corrected chi connectivity index (χ1v) is 11.3. The molecule has 0 atom stereocenters. The summed E-state index contributed by atoms with van der Waals surface area (Å²) in [5.41, 5.74) is 0.274. The molecular formula is C22H36N6. The molecule has 3 rings (SSSR count). The Morgan fingerprint density at radius 2 is 1.46 bits per heavy atom. The van der Waals surface area contributed by atoms with Crippen molar-refractivity contribution in [1.82, 2.24) is 20.0 Å². The lowest BCUT2D eigenvalue weighted by Gasteiger charge is -2.30. The van der Waals surface area contributed by atoms with Crippen molar-refractivity contribution in [3.8, 4) is 12.1 Å². The van der Waals surface area contributed by atoms with Gasteiger partial charge in [0, 0.05) is 38.8 Å². The molecule has 0 unspecified atom stereocenters. The van der Waals surface area contributed by atoms with E-state index in [1.807, 2.05) is 0 Å². The first kappa shape index (κ1) is 21.0. The molecule has 0 aromatic rings. The van der Waals surface area contributed by atoms with Crippen LogP contribution in [0.4, 0.5) is 0 Å². The second-order valence-electron chi connectivity index (χ2n) is 8.44. The minimum atomic E-state index is 0.274. The Balaban J connectivity index is 1.49. The molecule has 154 valence electrons. The molecule has 2 heterocycles. The minimum absolute atomic E-state index is 0.274. The van der Waals surface area contributed by atoms with Gasteiger partial charge in [-0.25, -0.2) is 0 Å². The van der Waals surface area contributed by atoms with Crippen LogP contribution in [0, 0.1) is 22.7 Å². The topological polar surface area (TPSA) is 69.3 Å². The van der Waals surface area contributed by atoms with Crippen molar-refractivity contribution < 1.29 is 0 Å². The van der Waals surface area contributed by atoms with Gasteiger partial charge < -0.3 is 20.0 Å². The summed E-state index contributed by atoms with van der Waals surface area (Å²) in [6, 6.07) is 4.97. The molecule has 6 heteroatoms. The smallest absolute Gasteiger partial charge is 0.169 e. The summed E-state index contributed by atoms with van der Waals surface area (Å²) < 4.78 is 0. The molecule has 2 aliphatic heterocycles. The Kier molecular flexibility index (Phi) is 8.45. The fourth-order valence-corrected chi connectivity index (χ4v) is 4.86. The van der Waals surface area contributed by atoms with Crippen LogP contribution in [-0.4, -0.2) is 73.1 Å². The molecule has 1 aliphatic carbocycles. The number of likely N-dealkylation sites (tertiary alicyclic amines) is 1. The number of nitrogens with one attached hydrogen (secondary N) is 1. The molecule has 28 heavy (non-hydrogen) atoms. The van der Waals surface area contributed by atoms with Gasteiger partial charge in [-0.1, -0.05) is 25.7 Å². The highest BCUT2D eigenvalue weighted by atomic mass is 15.4. The number of rotatable bonds is 8. The fraction of sp³-hybridized carbons (Fsp3) is 0.818. The normalized spacial score (nSPS) is 21.6. The number of hydrogen-bond donors (Lipinski definition) is 1. The average Bonchev–Trinajstić information content (AvgIpc) is 3.15. The average molecular weight is 385 g/mol. The van der Waals surface area contributed by atoms with E-state index in [1.165, 1.54) is 64.5 Å². The van der Waals surface area contributed by atoms with Crippen LogP contribution < -0.4 is 5.32 Å². The van der Waals surface area contributed by atoms with Crippen LogP contribution in [0.25, 0.3) is 0 Å². The summed E-state index contributed by atoms with van der Waals surface area (Å²) in [5.74, 6) is 0.875. The maximum absolute atomic E-state index is 9.47. The van der Waals surface area contributed by atoms with Gasteiger partial charge in [-0.2, -0.15) is 10.5 Å². The van der Waals surface area contributed by atoms with Gasteiger partial charge in [0.25, 0.3) is 0 Å². The largest absolute Gasteiger partial charge is 0.355 e. The van der Waals surface area contributed by atoms with Crippen molar-refractivity contribution in [2.75, 3.05) is 52.4 Å². The van der Waals surface area contributed by atoms with Crippen LogP contribution in [-0.2, 0) is 0 Å². The third-order valence-electron chi connectivity index (χ3n) is 6.46. The second kappa shape index (κ2) is 11.3. The molecular weight excluding hydrogens is 348 g/mol. The van der Waals surface area contributed by atoms with Gasteiger partial charge in [-0.15, -0.1) is 0 Å². The van der Waals surface area contributed by atoms with E-state index < -0.39 is 0 Å². The van der Waals surface area contributed by atoms with E-state index in [1.54, 1.807) is 0 Å². The molecule has 0 aromatic heterocycles. The molecule has 0 spiro atoms. The zero-order valence-electron chi connectivity index (χ0n) is 17.3. The van der Waals surface area contributed by atoms with Gasteiger partial charge in [0.2, 0.25) is 0 Å². The van der Waals surface area contributed by atoms with Crippen molar-refractivity contribution in [1.29, 1.82) is 10.5 Å². The summed E-state index contributed by atoms with van der Waals surface area (Å²) in [6.45, 7) is 8.11. The highest BCUT2D eigenvalue weighted by Gasteiger charge is 2.28. The van der Waals surface area contributed by atoms with Crippen molar-refractivity contribution in [2.24, 2.45) is 0 Å². The predicted molar refractivity (Wildman–Crippen MR) is 111 cm³/mol. The SMILES string of the molecule is N#CC(C#N)=C1N(CCCNC2CCCCC2)CCN1CCN1CCCCC1. The number of hydrogen-bond acceptors (Lipinski definition) is 6. The summed E-state index contributed by atoms with van der Waals surface area (Å²) in [4.78, 5) is 7.06. The second-order valence-corrected chi connectivity index (χ2v) is 8.44. The highest BCUT2D eigenvalue weighted by molar-refractivity contribution is 5.40. The van der Waals surface area contributed by atoms with Crippen LogP contribution in [0.1, 0.15) is 57.8 Å². The Hall–Kier alpha value is -1.76. The monoisotopic (exact) mass is 384 g/mol. The minimum Gasteiger partial charge on any atom is -0.355 e. The zero-order valence-corrected chi connectivity index (χ0v) is 17.3. The summed E-state index contributed by atoms with van der Waals surface area (Å²) >= 11 is 0. The first-order valence-electron chi connectivity index (χ1n) is 11.3. The number of nitrogens with zero attached hydrogens (tertiary/aromatic N) is 5. The van der Waals surface area contributed by atoms with E-state index in [2.05, 4.69) is 32.2 Å². The standard InChI is InChI=1S/C22H36N6/c23-18-20(19-24)22-27(13-7-10-25-21-8-3-1-4-9-21)16-17-28(22)15-14-26-11-5-2-6-12-26/h21,25H,1-17H2. The van der Waals surface area contributed by atoms with Crippen LogP contribution in [0.5, 0.6) is 0 Å². The van der Waals surface area contributed by atoms with Crippen molar-refractivity contribution in [2.45, 2.75) is 63.8 Å². The lowest BCUT2D eigenvalue weighted by molar-refractivity contribution is 0.202. The highest BCUT2D eigenvalue weighted by Crippen LogP contribution is 2.23. The van der Waals surface area contributed by atoms with Gasteiger partial charge in [-0.05, 0) is 51.7 Å². The fourth-order valence-electron chi connectivity index (χ4n) is 4.86. The number of allylic oxidation sites excluding steroid dienone is 1. The molecule has 3 fully saturated rings. The van der Waals surface area contributed by atoms with Gasteiger partial charge in [-0.3, -0.25) is 0 Å². The molecule has 3 aliphatic rings. The summed E-state index contributed by atoms with van der Waals surface area (Å²) in [5, 5.41) is 22.7. The van der Waals surface area contributed by atoms with Crippen LogP contribution in [0.15, 0.2) is 11.4 Å². The van der Waals surface area contributed by atoms with Crippen molar-refractivity contribution in [3.63, 3.8) is 0 Å². The van der Waals surface area contributed by atoms with Crippen molar-refractivity contribution >= 4 is 0 Å². The molecule has 0 aromatic carbocycles. The maximum Gasteiger partial charge on any atom is 0.169 e. The Bertz CT molecular complexity index is 573. The molecule has 1 saturated carbocycles. The third kappa shape index (κ3) is 5.87. The van der Waals surface area contributed by atoms with Gasteiger partial charge in [0.1, 0.15) is 18.0 Å². The first-order chi connectivity index (χ1) is 13.8. The van der Waals surface area contributed by atoms with Gasteiger partial charge in [0.15, 0.2) is 5.57 Å². The Morgan fingerprint density at radius 1 is 0.821 bits per heavy atom. The Labute approximate surface area is 170 Å². The van der Waals surface area contributed by atoms with Crippen LogP contribution >= 0.6 is 0 Å². The summed E-state index contributed by atoms with van der Waals surface area (Å²) in [6.07, 6.45) is 11.7. The molecule has 0 amide bonds. The number of nitriles is 2. The molecule has 0 radical (unpaired) electrons.